The second kappa shape index (κ2) is 70.9. The van der Waals surface area contributed by atoms with Crippen molar-refractivity contribution in [2.75, 3.05) is 13.2 Å². The normalized spacial score (nSPS) is 12.3. The molecule has 6 nitrogen and oxygen atoms in total. The Morgan fingerprint density at radius 3 is 0.695 bits per heavy atom. The van der Waals surface area contributed by atoms with E-state index in [0.717, 1.165) is 70.6 Å². The van der Waals surface area contributed by atoms with E-state index in [1.54, 1.807) is 0 Å². The third kappa shape index (κ3) is 68.2. The highest BCUT2D eigenvalue weighted by molar-refractivity contribution is 5.71. The second-order valence-electron chi connectivity index (χ2n) is 24.8. The molecule has 0 saturated carbocycles. The average molecular weight is 1150 g/mol. The predicted molar refractivity (Wildman–Crippen MR) is 358 cm³/mol. The third-order valence-electron chi connectivity index (χ3n) is 16.5. The van der Waals surface area contributed by atoms with Gasteiger partial charge in [0, 0.05) is 19.3 Å². The molecule has 480 valence electrons. The highest BCUT2D eigenvalue weighted by Gasteiger charge is 2.19. The molecule has 0 aliphatic rings. The molecule has 0 bridgehead atoms. The van der Waals surface area contributed by atoms with Gasteiger partial charge in [-0.2, -0.15) is 0 Å². The Kier molecular flexibility index (Phi) is 68.6. The van der Waals surface area contributed by atoms with E-state index in [1.165, 1.54) is 289 Å². The van der Waals surface area contributed by atoms with E-state index >= 15 is 0 Å². The number of carbonyl (C=O) groups excluding carboxylic acids is 3. The molecule has 0 aliphatic carbocycles. The number of hydrogen-bond acceptors (Lipinski definition) is 6. The number of carbonyl (C=O) groups is 3. The first kappa shape index (κ1) is 79.4. The van der Waals surface area contributed by atoms with Crippen LogP contribution in [0, 0.1) is 0 Å². The summed E-state index contributed by atoms with van der Waals surface area (Å²) in [5.74, 6) is -0.855. The quantitative estimate of drug-likeness (QED) is 0.0261. The molecule has 0 aromatic heterocycles. The number of hydrogen-bond donors (Lipinski definition) is 0. The number of allylic oxidation sites excluding steroid dienone is 8. The molecular formula is C76H140O6. The van der Waals surface area contributed by atoms with Gasteiger partial charge >= 0.3 is 17.9 Å². The molecule has 0 N–H and O–H groups in total. The Labute approximate surface area is 511 Å². The summed E-state index contributed by atoms with van der Waals surface area (Å²) in [6.45, 7) is 6.69. The first-order chi connectivity index (χ1) is 40.5. The molecule has 0 aliphatic heterocycles. The molecule has 0 aromatic rings. The zero-order valence-corrected chi connectivity index (χ0v) is 55.3. The molecule has 0 saturated heterocycles. The van der Waals surface area contributed by atoms with Crippen molar-refractivity contribution in [2.24, 2.45) is 0 Å². The molecule has 0 rings (SSSR count). The SMILES string of the molecule is CCCCCC/C=C\C/C=C\CCCCCCCCCC(=O)OCC(COC(=O)CCCCCCCCCCCCC/C=C\CCCCCCCCCC)OC(=O)CCCCCCCCCCCCC/C=C\CCCCCCCCCC. The summed E-state index contributed by atoms with van der Waals surface area (Å²) in [4.78, 5) is 38.5. The summed E-state index contributed by atoms with van der Waals surface area (Å²) in [6.07, 6.45) is 89.9. The summed E-state index contributed by atoms with van der Waals surface area (Å²) in [6, 6.07) is 0. The molecule has 1 atom stereocenters. The zero-order chi connectivity index (χ0) is 59.2. The van der Waals surface area contributed by atoms with Crippen molar-refractivity contribution >= 4 is 17.9 Å². The molecule has 1 unspecified atom stereocenters. The van der Waals surface area contributed by atoms with Crippen molar-refractivity contribution in [1.29, 1.82) is 0 Å². The van der Waals surface area contributed by atoms with Crippen LogP contribution in [0.25, 0.3) is 0 Å². The topological polar surface area (TPSA) is 78.9 Å². The van der Waals surface area contributed by atoms with Gasteiger partial charge in [0.05, 0.1) is 0 Å². The molecular weight excluding hydrogens is 1010 g/mol. The van der Waals surface area contributed by atoms with Gasteiger partial charge in [-0.05, 0) is 103 Å². The van der Waals surface area contributed by atoms with Crippen molar-refractivity contribution in [1.82, 2.24) is 0 Å². The minimum absolute atomic E-state index is 0.0730. The fourth-order valence-electron chi connectivity index (χ4n) is 11.0. The van der Waals surface area contributed by atoms with E-state index in [9.17, 15) is 14.4 Å². The molecule has 0 amide bonds. The monoisotopic (exact) mass is 1150 g/mol. The predicted octanol–water partition coefficient (Wildman–Crippen LogP) is 25.3. The molecule has 6 heteroatoms. The van der Waals surface area contributed by atoms with Gasteiger partial charge in [-0.25, -0.2) is 0 Å². The van der Waals surface area contributed by atoms with Crippen LogP contribution in [0.15, 0.2) is 48.6 Å². The van der Waals surface area contributed by atoms with Gasteiger partial charge < -0.3 is 14.2 Å². The molecule has 0 spiro atoms. The Balaban J connectivity index is 4.33. The third-order valence-corrected chi connectivity index (χ3v) is 16.5. The van der Waals surface area contributed by atoms with Gasteiger partial charge in [-0.3, -0.25) is 14.4 Å². The lowest BCUT2D eigenvalue weighted by Crippen LogP contribution is -2.30. The van der Waals surface area contributed by atoms with Crippen LogP contribution in [0.5, 0.6) is 0 Å². The lowest BCUT2D eigenvalue weighted by atomic mass is 10.0. The van der Waals surface area contributed by atoms with E-state index in [2.05, 4.69) is 69.4 Å². The minimum atomic E-state index is -0.778. The summed E-state index contributed by atoms with van der Waals surface area (Å²) in [5.41, 5.74) is 0. The van der Waals surface area contributed by atoms with Crippen molar-refractivity contribution in [2.45, 2.75) is 406 Å². The first-order valence-electron chi connectivity index (χ1n) is 36.6. The number of rotatable bonds is 68. The highest BCUT2D eigenvalue weighted by atomic mass is 16.6. The van der Waals surface area contributed by atoms with Crippen molar-refractivity contribution in [3.05, 3.63) is 48.6 Å². The zero-order valence-electron chi connectivity index (χ0n) is 55.3. The maximum absolute atomic E-state index is 13.0. The smallest absolute Gasteiger partial charge is 0.306 e. The van der Waals surface area contributed by atoms with Gasteiger partial charge in [0.25, 0.3) is 0 Å². The summed E-state index contributed by atoms with van der Waals surface area (Å²) >= 11 is 0. The average Bonchev–Trinajstić information content (AvgIpc) is 3.47. The van der Waals surface area contributed by atoms with Crippen LogP contribution in [-0.2, 0) is 28.6 Å². The molecule has 0 aromatic carbocycles. The Hall–Kier alpha value is -2.63. The number of unbranched alkanes of at least 4 members (excludes halogenated alkanes) is 49. The van der Waals surface area contributed by atoms with E-state index in [4.69, 9.17) is 14.2 Å². The van der Waals surface area contributed by atoms with Crippen molar-refractivity contribution < 1.29 is 28.6 Å². The van der Waals surface area contributed by atoms with Crippen molar-refractivity contribution in [3.8, 4) is 0 Å². The summed E-state index contributed by atoms with van der Waals surface area (Å²) in [7, 11) is 0. The van der Waals surface area contributed by atoms with Crippen LogP contribution in [-0.4, -0.2) is 37.2 Å². The number of esters is 3. The van der Waals surface area contributed by atoms with Gasteiger partial charge in [0.1, 0.15) is 13.2 Å². The molecule has 0 heterocycles. The molecule has 0 fully saturated rings. The van der Waals surface area contributed by atoms with E-state index in [0.29, 0.717) is 19.3 Å². The number of ether oxygens (including phenoxy) is 3. The Bertz CT molecular complexity index is 1410. The second-order valence-corrected chi connectivity index (χ2v) is 24.8. The van der Waals surface area contributed by atoms with Crippen molar-refractivity contribution in [3.63, 3.8) is 0 Å². The van der Waals surface area contributed by atoms with Crippen LogP contribution in [0.4, 0.5) is 0 Å². The Morgan fingerprint density at radius 2 is 0.439 bits per heavy atom. The lowest BCUT2D eigenvalue weighted by molar-refractivity contribution is -0.167. The van der Waals surface area contributed by atoms with E-state index < -0.39 is 6.10 Å². The highest BCUT2D eigenvalue weighted by Crippen LogP contribution is 2.18. The largest absolute Gasteiger partial charge is 0.462 e. The first-order valence-corrected chi connectivity index (χ1v) is 36.6. The fourth-order valence-corrected chi connectivity index (χ4v) is 11.0. The summed E-state index contributed by atoms with van der Waals surface area (Å²) < 4.78 is 17.0. The maximum Gasteiger partial charge on any atom is 0.306 e. The van der Waals surface area contributed by atoms with Gasteiger partial charge in [-0.1, -0.05) is 326 Å². The molecule has 82 heavy (non-hydrogen) atoms. The minimum Gasteiger partial charge on any atom is -0.462 e. The van der Waals surface area contributed by atoms with E-state index in [-0.39, 0.29) is 31.1 Å². The van der Waals surface area contributed by atoms with Crippen LogP contribution in [0.1, 0.15) is 400 Å². The Morgan fingerprint density at radius 1 is 0.244 bits per heavy atom. The van der Waals surface area contributed by atoms with Gasteiger partial charge in [0.15, 0.2) is 6.10 Å². The van der Waals surface area contributed by atoms with Crippen LogP contribution in [0.3, 0.4) is 0 Å². The maximum atomic E-state index is 13.0. The lowest BCUT2D eigenvalue weighted by Gasteiger charge is -2.18. The van der Waals surface area contributed by atoms with Gasteiger partial charge in [-0.15, -0.1) is 0 Å². The van der Waals surface area contributed by atoms with E-state index in [1.807, 2.05) is 0 Å². The van der Waals surface area contributed by atoms with Gasteiger partial charge in [0.2, 0.25) is 0 Å². The molecule has 0 radical (unpaired) electrons. The standard InChI is InChI=1S/C76H140O6/c1-4-7-10-13-16-19-22-25-28-31-34-36-38-40-42-45-48-51-54-57-60-63-66-69-75(78)81-72-73(71-80-74(77)68-65-62-59-56-53-50-47-44-33-30-27-24-21-18-15-12-9-6-3)82-76(79)70-67-64-61-58-55-52-49-46-43-41-39-37-35-32-29-26-23-20-17-14-11-8-5-2/h21,24,30-35,73H,4-20,22-23,25-29,36-72H2,1-3H3/b24-21-,33-30-,34-31-,35-32-. The fraction of sp³-hybridized carbons (Fsp3) is 0.855. The van der Waals surface area contributed by atoms with Crippen LogP contribution < -0.4 is 0 Å². The van der Waals surface area contributed by atoms with Crippen LogP contribution >= 0.6 is 0 Å². The van der Waals surface area contributed by atoms with Crippen LogP contribution in [0.2, 0.25) is 0 Å². The summed E-state index contributed by atoms with van der Waals surface area (Å²) in [5, 5.41) is 0.